The van der Waals surface area contributed by atoms with Crippen LogP contribution in [-0.4, -0.2) is 27.2 Å². The van der Waals surface area contributed by atoms with E-state index in [2.05, 4.69) is 55.4 Å². The van der Waals surface area contributed by atoms with Crippen molar-refractivity contribution in [3.63, 3.8) is 0 Å². The third-order valence-electron chi connectivity index (χ3n) is 5.49. The van der Waals surface area contributed by atoms with E-state index in [0.29, 0.717) is 11.7 Å². The van der Waals surface area contributed by atoms with Crippen molar-refractivity contribution in [1.29, 1.82) is 0 Å². The summed E-state index contributed by atoms with van der Waals surface area (Å²) in [6.45, 7) is 16.7. The summed E-state index contributed by atoms with van der Waals surface area (Å²) in [7, 11) is 0. The first-order chi connectivity index (χ1) is 13.3. The van der Waals surface area contributed by atoms with Crippen LogP contribution in [0.15, 0.2) is 12.1 Å². The molecule has 0 fully saturated rings. The van der Waals surface area contributed by atoms with Crippen LogP contribution in [0.3, 0.4) is 0 Å². The lowest BCUT2D eigenvalue weighted by molar-refractivity contribution is -0.118. The van der Waals surface area contributed by atoms with Crippen molar-refractivity contribution in [3.05, 3.63) is 28.8 Å². The molecule has 0 aliphatic rings. The molecule has 29 heavy (non-hydrogen) atoms. The molecule has 0 radical (unpaired) electrons. The van der Waals surface area contributed by atoms with Crippen LogP contribution in [0.4, 0.5) is 0 Å². The van der Waals surface area contributed by atoms with E-state index in [0.717, 1.165) is 35.3 Å². The number of thioether (sulfide) groups is 1. The molecule has 0 aliphatic heterocycles. The van der Waals surface area contributed by atoms with E-state index in [1.165, 1.54) is 24.6 Å². The van der Waals surface area contributed by atoms with Crippen molar-refractivity contribution in [1.82, 2.24) is 0 Å². The van der Waals surface area contributed by atoms with Crippen molar-refractivity contribution in [2.45, 2.75) is 104 Å². The summed E-state index contributed by atoms with van der Waals surface area (Å²) >= 11 is 1.27. The Kier molecular flexibility index (Phi) is 9.75. The van der Waals surface area contributed by atoms with Crippen molar-refractivity contribution in [3.8, 4) is 5.75 Å². The fourth-order valence-corrected chi connectivity index (χ4v) is 4.53. The molecule has 0 saturated heterocycles. The number of carbonyl (C=O) groups excluding carboxylic acids is 1. The van der Waals surface area contributed by atoms with E-state index in [1.54, 1.807) is 0 Å². The number of aromatic hydroxyl groups is 1. The number of aliphatic hydroxyl groups excluding tert-OH is 1. The Morgan fingerprint density at radius 3 is 1.97 bits per heavy atom. The molecule has 1 rings (SSSR count). The van der Waals surface area contributed by atoms with Gasteiger partial charge < -0.3 is 10.2 Å². The number of carbonyl (C=O) groups is 1. The number of benzene rings is 1. The Hall–Kier alpha value is -1.00. The summed E-state index contributed by atoms with van der Waals surface area (Å²) in [5.74, 6) is 1.64. The third-order valence-corrected chi connectivity index (χ3v) is 6.69. The first-order valence-corrected chi connectivity index (χ1v) is 12.0. The standard InChI is InChI=1S/C25H42O3S/c1-9-11-12-17(10-2)16-29-23(28)21(26)15-18-13-19(24(3,4)5)22(27)20(14-18)25(6,7)8/h13-14,17,21,26-27H,9-12,15-16H2,1-8H3/t17?,21-/m0/s1. The molecule has 0 heterocycles. The maximum absolute atomic E-state index is 12.5. The number of rotatable bonds is 9. The lowest BCUT2D eigenvalue weighted by Gasteiger charge is -2.28. The smallest absolute Gasteiger partial charge is 0.217 e. The minimum absolute atomic E-state index is 0.150. The average molecular weight is 423 g/mol. The molecule has 0 aromatic heterocycles. The van der Waals surface area contributed by atoms with Gasteiger partial charge in [-0.25, -0.2) is 0 Å². The summed E-state index contributed by atoms with van der Waals surface area (Å²) in [5.41, 5.74) is 2.17. The van der Waals surface area contributed by atoms with Crippen LogP contribution in [0.5, 0.6) is 5.75 Å². The molecule has 2 N–H and O–H groups in total. The molecule has 0 amide bonds. The minimum Gasteiger partial charge on any atom is -0.507 e. The van der Waals surface area contributed by atoms with Gasteiger partial charge in [-0.2, -0.15) is 0 Å². The molecule has 0 saturated carbocycles. The Balaban J connectivity index is 2.97. The van der Waals surface area contributed by atoms with Gasteiger partial charge in [-0.3, -0.25) is 4.79 Å². The van der Waals surface area contributed by atoms with Crippen LogP contribution in [0, 0.1) is 5.92 Å². The Labute approximate surface area is 182 Å². The Bertz CT molecular complexity index is 633. The van der Waals surface area contributed by atoms with Crippen LogP contribution in [0.1, 0.15) is 97.8 Å². The third kappa shape index (κ3) is 7.97. The van der Waals surface area contributed by atoms with Gasteiger partial charge in [0.2, 0.25) is 5.12 Å². The van der Waals surface area contributed by atoms with Crippen molar-refractivity contribution in [2.75, 3.05) is 5.75 Å². The predicted molar refractivity (Wildman–Crippen MR) is 126 cm³/mol. The van der Waals surface area contributed by atoms with E-state index in [-0.39, 0.29) is 22.4 Å². The lowest BCUT2D eigenvalue weighted by atomic mass is 9.78. The highest BCUT2D eigenvalue weighted by Crippen LogP contribution is 2.40. The number of unbranched alkanes of at least 4 members (excludes halogenated alkanes) is 1. The average Bonchev–Trinajstić information content (AvgIpc) is 2.60. The number of phenols is 1. The van der Waals surface area contributed by atoms with Gasteiger partial charge in [-0.05, 0) is 39.9 Å². The van der Waals surface area contributed by atoms with E-state index in [9.17, 15) is 15.0 Å². The second kappa shape index (κ2) is 10.9. The van der Waals surface area contributed by atoms with Gasteiger partial charge in [0, 0.05) is 12.2 Å². The minimum atomic E-state index is -1.02. The summed E-state index contributed by atoms with van der Waals surface area (Å²) < 4.78 is 0. The molecule has 0 aliphatic carbocycles. The van der Waals surface area contributed by atoms with Crippen LogP contribution in [0.25, 0.3) is 0 Å². The monoisotopic (exact) mass is 422 g/mol. The highest BCUT2D eigenvalue weighted by atomic mass is 32.2. The zero-order valence-electron chi connectivity index (χ0n) is 19.8. The topological polar surface area (TPSA) is 57.5 Å². The van der Waals surface area contributed by atoms with E-state index in [4.69, 9.17) is 0 Å². The molecule has 1 unspecified atom stereocenters. The maximum Gasteiger partial charge on any atom is 0.217 e. The zero-order chi connectivity index (χ0) is 22.4. The van der Waals surface area contributed by atoms with Gasteiger partial charge in [0.15, 0.2) is 0 Å². The number of phenolic OH excluding ortho intramolecular Hbond substituents is 1. The molecule has 166 valence electrons. The summed E-state index contributed by atoms with van der Waals surface area (Å²) in [6, 6.07) is 3.89. The van der Waals surface area contributed by atoms with Crippen LogP contribution < -0.4 is 0 Å². The second-order valence-electron chi connectivity index (χ2n) is 10.3. The molecule has 2 atom stereocenters. The van der Waals surface area contributed by atoms with Crippen LogP contribution in [-0.2, 0) is 22.0 Å². The van der Waals surface area contributed by atoms with Crippen LogP contribution >= 0.6 is 11.8 Å². The van der Waals surface area contributed by atoms with Crippen molar-refractivity contribution >= 4 is 16.9 Å². The normalized spacial score (nSPS) is 14.7. The van der Waals surface area contributed by atoms with Gasteiger partial charge >= 0.3 is 0 Å². The van der Waals surface area contributed by atoms with Crippen molar-refractivity contribution < 1.29 is 15.0 Å². The number of aliphatic hydroxyl groups is 1. The van der Waals surface area contributed by atoms with Gasteiger partial charge in [0.25, 0.3) is 0 Å². The number of hydrogen-bond acceptors (Lipinski definition) is 4. The fourth-order valence-electron chi connectivity index (χ4n) is 3.46. The maximum atomic E-state index is 12.5. The molecule has 4 heteroatoms. The van der Waals surface area contributed by atoms with Crippen LogP contribution in [0.2, 0.25) is 0 Å². The molecule has 0 bridgehead atoms. The summed E-state index contributed by atoms with van der Waals surface area (Å²) in [4.78, 5) is 12.5. The number of hydrogen-bond donors (Lipinski definition) is 2. The van der Waals surface area contributed by atoms with Gasteiger partial charge in [-0.1, -0.05) is 98.5 Å². The van der Waals surface area contributed by atoms with Gasteiger partial charge in [0.1, 0.15) is 11.9 Å². The second-order valence-corrected chi connectivity index (χ2v) is 11.3. The largest absolute Gasteiger partial charge is 0.507 e. The summed E-state index contributed by atoms with van der Waals surface area (Å²) in [5, 5.41) is 21.2. The first kappa shape index (κ1) is 26.0. The summed E-state index contributed by atoms with van der Waals surface area (Å²) in [6.07, 6.45) is 3.83. The SMILES string of the molecule is CCCCC(CC)CSC(=O)[C@@H](O)Cc1cc(C(C)(C)C)c(O)c(C(C)(C)C)c1. The molecule has 3 nitrogen and oxygen atoms in total. The lowest BCUT2D eigenvalue weighted by Crippen LogP contribution is -2.23. The molecular weight excluding hydrogens is 380 g/mol. The first-order valence-electron chi connectivity index (χ1n) is 11.0. The van der Waals surface area contributed by atoms with E-state index < -0.39 is 6.10 Å². The van der Waals surface area contributed by atoms with Gasteiger partial charge in [0.05, 0.1) is 0 Å². The molecule has 1 aromatic rings. The van der Waals surface area contributed by atoms with Gasteiger partial charge in [-0.15, -0.1) is 0 Å². The highest BCUT2D eigenvalue weighted by molar-refractivity contribution is 8.13. The highest BCUT2D eigenvalue weighted by Gasteiger charge is 2.27. The molecular formula is C25H42O3S. The quantitative estimate of drug-likeness (QED) is 0.486. The Morgan fingerprint density at radius 2 is 1.55 bits per heavy atom. The predicted octanol–water partition coefficient (Wildman–Crippen LogP) is 6.37. The Morgan fingerprint density at radius 1 is 1.03 bits per heavy atom. The van der Waals surface area contributed by atoms with E-state index in [1.807, 2.05) is 12.1 Å². The molecule has 0 spiro atoms. The van der Waals surface area contributed by atoms with E-state index >= 15 is 0 Å². The fraction of sp³-hybridized carbons (Fsp3) is 0.720. The zero-order valence-corrected chi connectivity index (χ0v) is 20.6. The molecule has 1 aromatic carbocycles. The van der Waals surface area contributed by atoms with Crippen molar-refractivity contribution in [2.24, 2.45) is 5.92 Å².